The van der Waals surface area contributed by atoms with E-state index in [1.165, 1.54) is 0 Å². The van der Waals surface area contributed by atoms with Crippen LogP contribution in [-0.4, -0.2) is 24.7 Å². The molecule has 0 saturated carbocycles. The maximum Gasteiger partial charge on any atom is 0.229 e. The number of benzene rings is 1. The summed E-state index contributed by atoms with van der Waals surface area (Å²) < 4.78 is 5.56. The van der Waals surface area contributed by atoms with E-state index in [1.807, 2.05) is 43.0 Å². The quantitative estimate of drug-likeness (QED) is 0.898. The Balaban J connectivity index is 2.10. The normalized spacial score (nSPS) is 18.5. The van der Waals surface area contributed by atoms with Crippen molar-refractivity contribution in [1.29, 1.82) is 0 Å². The maximum absolute atomic E-state index is 12.5. The number of anilines is 1. The van der Waals surface area contributed by atoms with E-state index in [2.05, 4.69) is 0 Å². The monoisotopic (exact) mass is 276 g/mol. The highest BCUT2D eigenvalue weighted by Crippen LogP contribution is 2.22. The third kappa shape index (κ3) is 3.58. The van der Waals surface area contributed by atoms with Gasteiger partial charge in [-0.25, -0.2) is 0 Å². The Kier molecular flexibility index (Phi) is 5.15. The van der Waals surface area contributed by atoms with Crippen LogP contribution in [0.2, 0.25) is 0 Å². The topological polar surface area (TPSA) is 55.6 Å². The van der Waals surface area contributed by atoms with Gasteiger partial charge in [0.2, 0.25) is 5.91 Å². The third-order valence-electron chi connectivity index (χ3n) is 3.66. The first-order chi connectivity index (χ1) is 9.61. The number of carbonyl (C=O) groups is 1. The fourth-order valence-electron chi connectivity index (χ4n) is 2.62. The lowest BCUT2D eigenvalue weighted by atomic mass is 10.1. The number of hydrogen-bond acceptors (Lipinski definition) is 3. The summed E-state index contributed by atoms with van der Waals surface area (Å²) in [5, 5.41) is 0. The average Bonchev–Trinajstić information content (AvgIpc) is 2.92. The van der Waals surface area contributed by atoms with Gasteiger partial charge in [0, 0.05) is 24.9 Å². The number of ether oxygens (including phenoxy) is 1. The van der Waals surface area contributed by atoms with Crippen molar-refractivity contribution in [3.8, 4) is 0 Å². The zero-order chi connectivity index (χ0) is 14.5. The van der Waals surface area contributed by atoms with E-state index in [-0.39, 0.29) is 18.1 Å². The molecule has 1 aliphatic heterocycles. The van der Waals surface area contributed by atoms with Gasteiger partial charge in [-0.3, -0.25) is 4.79 Å². The van der Waals surface area contributed by atoms with Crippen molar-refractivity contribution < 1.29 is 9.53 Å². The molecule has 4 nitrogen and oxygen atoms in total. The van der Waals surface area contributed by atoms with Crippen molar-refractivity contribution in [3.05, 3.63) is 29.8 Å². The van der Waals surface area contributed by atoms with Crippen LogP contribution in [0.4, 0.5) is 5.69 Å². The SMILES string of the molecule is CC(C)N(C(=O)CC1CCCO1)c1ccc(CN)cc1. The van der Waals surface area contributed by atoms with Crippen molar-refractivity contribution in [1.82, 2.24) is 0 Å². The summed E-state index contributed by atoms with van der Waals surface area (Å²) in [6.45, 7) is 5.37. The van der Waals surface area contributed by atoms with Crippen LogP contribution < -0.4 is 10.6 Å². The molecule has 0 aliphatic carbocycles. The summed E-state index contributed by atoms with van der Waals surface area (Å²) in [5.74, 6) is 0.132. The summed E-state index contributed by atoms with van der Waals surface area (Å²) in [4.78, 5) is 14.4. The van der Waals surface area contributed by atoms with Crippen molar-refractivity contribution >= 4 is 11.6 Å². The van der Waals surface area contributed by atoms with Crippen LogP contribution in [0.5, 0.6) is 0 Å². The minimum atomic E-state index is 0.0899. The highest BCUT2D eigenvalue weighted by Gasteiger charge is 2.25. The van der Waals surface area contributed by atoms with Crippen molar-refractivity contribution in [2.24, 2.45) is 5.73 Å². The van der Waals surface area contributed by atoms with Gasteiger partial charge in [0.1, 0.15) is 0 Å². The van der Waals surface area contributed by atoms with Gasteiger partial charge in [0.25, 0.3) is 0 Å². The van der Waals surface area contributed by atoms with Crippen LogP contribution in [0.15, 0.2) is 24.3 Å². The molecule has 1 fully saturated rings. The number of nitrogens with two attached hydrogens (primary N) is 1. The summed E-state index contributed by atoms with van der Waals surface area (Å²) in [6, 6.07) is 8.02. The maximum atomic E-state index is 12.5. The fourth-order valence-corrected chi connectivity index (χ4v) is 2.62. The number of carbonyl (C=O) groups excluding carboxylic acids is 1. The number of hydrogen-bond donors (Lipinski definition) is 1. The predicted octanol–water partition coefficient (Wildman–Crippen LogP) is 2.46. The first-order valence-corrected chi connectivity index (χ1v) is 7.34. The highest BCUT2D eigenvalue weighted by molar-refractivity contribution is 5.94. The Labute approximate surface area is 120 Å². The van der Waals surface area contributed by atoms with E-state index in [9.17, 15) is 4.79 Å². The molecule has 1 amide bonds. The molecule has 110 valence electrons. The van der Waals surface area contributed by atoms with Crippen LogP contribution in [-0.2, 0) is 16.1 Å². The zero-order valence-corrected chi connectivity index (χ0v) is 12.3. The average molecular weight is 276 g/mol. The molecule has 0 radical (unpaired) electrons. The van der Waals surface area contributed by atoms with E-state index in [4.69, 9.17) is 10.5 Å². The largest absolute Gasteiger partial charge is 0.378 e. The molecule has 2 N–H and O–H groups in total. The van der Waals surface area contributed by atoms with Gasteiger partial charge in [-0.1, -0.05) is 12.1 Å². The highest BCUT2D eigenvalue weighted by atomic mass is 16.5. The van der Waals surface area contributed by atoms with E-state index in [0.29, 0.717) is 13.0 Å². The van der Waals surface area contributed by atoms with E-state index >= 15 is 0 Å². The first-order valence-electron chi connectivity index (χ1n) is 7.34. The molecule has 1 saturated heterocycles. The molecule has 1 aliphatic rings. The Morgan fingerprint density at radius 2 is 2.10 bits per heavy atom. The van der Waals surface area contributed by atoms with Crippen LogP contribution in [0, 0.1) is 0 Å². The molecule has 4 heteroatoms. The van der Waals surface area contributed by atoms with Crippen molar-refractivity contribution in [2.45, 2.75) is 51.8 Å². The van der Waals surface area contributed by atoms with Gasteiger partial charge in [0.15, 0.2) is 0 Å². The van der Waals surface area contributed by atoms with Crippen LogP contribution in [0.25, 0.3) is 0 Å². The summed E-state index contributed by atoms with van der Waals surface area (Å²) >= 11 is 0. The van der Waals surface area contributed by atoms with E-state index < -0.39 is 0 Å². The summed E-state index contributed by atoms with van der Waals surface area (Å²) in [7, 11) is 0. The van der Waals surface area contributed by atoms with Gasteiger partial charge >= 0.3 is 0 Å². The molecule has 20 heavy (non-hydrogen) atoms. The molecule has 1 unspecified atom stereocenters. The fraction of sp³-hybridized carbons (Fsp3) is 0.562. The Bertz CT molecular complexity index is 436. The Hall–Kier alpha value is -1.39. The Morgan fingerprint density at radius 3 is 2.60 bits per heavy atom. The van der Waals surface area contributed by atoms with Gasteiger partial charge in [-0.05, 0) is 44.4 Å². The second-order valence-corrected chi connectivity index (χ2v) is 5.57. The van der Waals surface area contributed by atoms with Gasteiger partial charge < -0.3 is 15.4 Å². The second kappa shape index (κ2) is 6.86. The third-order valence-corrected chi connectivity index (χ3v) is 3.66. The number of rotatable bonds is 5. The lowest BCUT2D eigenvalue weighted by molar-refractivity contribution is -0.121. The lowest BCUT2D eigenvalue weighted by Gasteiger charge is -2.28. The summed E-state index contributed by atoms with van der Waals surface area (Å²) in [5.41, 5.74) is 7.61. The minimum absolute atomic E-state index is 0.0899. The standard InChI is InChI=1S/C16H24N2O2/c1-12(2)18(14-7-5-13(11-17)6-8-14)16(19)10-15-4-3-9-20-15/h5-8,12,15H,3-4,9-11,17H2,1-2H3. The molecule has 1 aromatic rings. The van der Waals surface area contributed by atoms with Crippen LogP contribution >= 0.6 is 0 Å². The zero-order valence-electron chi connectivity index (χ0n) is 12.3. The summed E-state index contributed by atoms with van der Waals surface area (Å²) in [6.07, 6.45) is 2.61. The van der Waals surface area contributed by atoms with Crippen LogP contribution in [0.3, 0.4) is 0 Å². The number of amides is 1. The molecule has 1 aromatic carbocycles. The molecule has 1 atom stereocenters. The molecule has 0 spiro atoms. The van der Waals surface area contributed by atoms with Gasteiger partial charge in [0.05, 0.1) is 12.5 Å². The molecule has 1 heterocycles. The smallest absolute Gasteiger partial charge is 0.229 e. The molecular weight excluding hydrogens is 252 g/mol. The van der Waals surface area contributed by atoms with Crippen molar-refractivity contribution in [2.75, 3.05) is 11.5 Å². The Morgan fingerprint density at radius 1 is 1.40 bits per heavy atom. The predicted molar refractivity (Wildman–Crippen MR) is 80.5 cm³/mol. The lowest BCUT2D eigenvalue weighted by Crippen LogP contribution is -2.38. The number of nitrogens with zero attached hydrogens (tertiary/aromatic N) is 1. The van der Waals surface area contributed by atoms with E-state index in [1.54, 1.807) is 0 Å². The first kappa shape index (κ1) is 15.0. The molecule has 2 rings (SSSR count). The molecule has 0 bridgehead atoms. The minimum Gasteiger partial charge on any atom is -0.378 e. The molecular formula is C16H24N2O2. The van der Waals surface area contributed by atoms with Crippen LogP contribution in [0.1, 0.15) is 38.7 Å². The van der Waals surface area contributed by atoms with E-state index in [0.717, 1.165) is 30.7 Å². The molecule has 0 aromatic heterocycles. The second-order valence-electron chi connectivity index (χ2n) is 5.57. The van der Waals surface area contributed by atoms with Crippen molar-refractivity contribution in [3.63, 3.8) is 0 Å². The van der Waals surface area contributed by atoms with Gasteiger partial charge in [-0.15, -0.1) is 0 Å². The van der Waals surface area contributed by atoms with Gasteiger partial charge in [-0.2, -0.15) is 0 Å².